The minimum Gasteiger partial charge on any atom is -0.456 e. The molecule has 9 nitrogen and oxygen atoms in total. The van der Waals surface area contributed by atoms with Gasteiger partial charge in [0.2, 0.25) is 5.91 Å². The van der Waals surface area contributed by atoms with Crippen molar-refractivity contribution in [2.75, 3.05) is 40.9 Å². The Hall–Kier alpha value is -2.55. The number of unbranched alkanes of at least 4 members (excludes halogenated alkanes) is 26. The zero-order valence-electron chi connectivity index (χ0n) is 47.0. The van der Waals surface area contributed by atoms with Crippen molar-refractivity contribution in [3.05, 3.63) is 72.9 Å². The van der Waals surface area contributed by atoms with Crippen LogP contribution >= 0.6 is 7.82 Å². The average Bonchev–Trinajstić information content (AvgIpc) is 3.33. The van der Waals surface area contributed by atoms with Crippen LogP contribution in [0.2, 0.25) is 0 Å². The molecule has 10 heteroatoms. The molecule has 0 bridgehead atoms. The molecule has 3 unspecified atom stereocenters. The lowest BCUT2D eigenvalue weighted by atomic mass is 10.0. The molecule has 0 radical (unpaired) electrons. The van der Waals surface area contributed by atoms with Crippen LogP contribution in [-0.2, 0) is 27.9 Å². The highest BCUT2D eigenvalue weighted by atomic mass is 31.2. The maximum atomic E-state index is 13.5. The lowest BCUT2D eigenvalue weighted by molar-refractivity contribution is -0.870. The zero-order chi connectivity index (χ0) is 52.2. The molecule has 0 aromatic rings. The van der Waals surface area contributed by atoms with Gasteiger partial charge in [-0.25, -0.2) is 4.57 Å². The van der Waals surface area contributed by atoms with Gasteiger partial charge in [0.15, 0.2) is 0 Å². The minimum absolute atomic E-state index is 0.0282. The summed E-state index contributed by atoms with van der Waals surface area (Å²) in [5.41, 5.74) is 0. The number of quaternary nitrogens is 1. The van der Waals surface area contributed by atoms with Crippen LogP contribution in [0.4, 0.5) is 0 Å². The second-order valence-corrected chi connectivity index (χ2v) is 22.3. The molecule has 2 N–H and O–H groups in total. The number of nitrogens with zero attached hydrogens (tertiary/aromatic N) is 1. The van der Waals surface area contributed by atoms with E-state index in [2.05, 4.69) is 86.8 Å². The normalized spacial score (nSPS) is 14.3. The fourth-order valence-corrected chi connectivity index (χ4v) is 8.78. The second kappa shape index (κ2) is 51.0. The molecule has 0 fully saturated rings. The fourth-order valence-electron chi connectivity index (χ4n) is 8.04. The van der Waals surface area contributed by atoms with Gasteiger partial charge in [-0.1, -0.05) is 216 Å². The van der Waals surface area contributed by atoms with Crippen LogP contribution < -0.4 is 5.32 Å². The summed E-state index contributed by atoms with van der Waals surface area (Å²) in [6, 6.07) is -0.876. The SMILES string of the molecule is CCCCC/C=C\C/C=C\C/C=C\C/C=C\CCCC(=O)OC(/C=C/CCCCCCCCCCCC)C(COP(=O)(O)OCC[N+](C)(C)C)NC(=O)CCCCCCC/C=C/CCCCCCCCC. The quantitative estimate of drug-likeness (QED) is 0.0205. The number of carbonyl (C=O) groups excluding carboxylic acids is 2. The van der Waals surface area contributed by atoms with Crippen molar-refractivity contribution >= 4 is 19.7 Å². The summed E-state index contributed by atoms with van der Waals surface area (Å²) < 4.78 is 30.6. The van der Waals surface area contributed by atoms with Gasteiger partial charge < -0.3 is 19.4 Å². The summed E-state index contributed by atoms with van der Waals surface area (Å²) in [6.07, 6.45) is 64.7. The lowest BCUT2D eigenvalue weighted by Crippen LogP contribution is -2.47. The second-order valence-electron chi connectivity index (χ2n) is 20.8. The van der Waals surface area contributed by atoms with E-state index >= 15 is 0 Å². The summed E-state index contributed by atoms with van der Waals surface area (Å²) >= 11 is 0. The maximum Gasteiger partial charge on any atom is 0.472 e. The van der Waals surface area contributed by atoms with Crippen LogP contribution in [0.1, 0.15) is 252 Å². The van der Waals surface area contributed by atoms with E-state index in [0.717, 1.165) is 83.5 Å². The molecule has 71 heavy (non-hydrogen) atoms. The summed E-state index contributed by atoms with van der Waals surface area (Å²) in [4.78, 5) is 37.6. The number of hydrogen-bond donors (Lipinski definition) is 2. The van der Waals surface area contributed by atoms with Gasteiger partial charge in [0.05, 0.1) is 33.8 Å². The third kappa shape index (κ3) is 52.1. The van der Waals surface area contributed by atoms with Crippen LogP contribution in [0, 0.1) is 0 Å². The molecular weight excluding hydrogens is 904 g/mol. The Morgan fingerprint density at radius 2 is 0.873 bits per heavy atom. The van der Waals surface area contributed by atoms with Crippen molar-refractivity contribution in [1.29, 1.82) is 0 Å². The molecule has 0 aliphatic rings. The van der Waals surface area contributed by atoms with E-state index in [4.69, 9.17) is 13.8 Å². The third-order valence-corrected chi connectivity index (χ3v) is 13.6. The van der Waals surface area contributed by atoms with E-state index in [-0.39, 0.29) is 31.5 Å². The molecule has 0 saturated carbocycles. The molecule has 0 rings (SSSR count). The number of amides is 1. The minimum atomic E-state index is -4.46. The number of nitrogens with one attached hydrogen (secondary N) is 1. The first-order valence-corrected chi connectivity index (χ1v) is 30.8. The average molecular weight is 1020 g/mol. The van der Waals surface area contributed by atoms with Gasteiger partial charge in [-0.15, -0.1) is 0 Å². The predicted molar refractivity (Wildman–Crippen MR) is 305 cm³/mol. The number of esters is 1. The third-order valence-electron chi connectivity index (χ3n) is 12.6. The Labute approximate surface area is 438 Å². The number of hydrogen-bond acceptors (Lipinski definition) is 6. The van der Waals surface area contributed by atoms with Crippen molar-refractivity contribution in [3.63, 3.8) is 0 Å². The standard InChI is InChI=1S/C61H111N2O7P/c1-7-10-13-16-19-22-25-28-30-32-34-36-39-42-45-48-51-54-61(65)70-59(52-49-46-43-40-37-27-24-21-18-15-12-9-3)58(57-69-71(66,67)68-56-55-63(4,5)6)62-60(64)53-50-47-44-41-38-35-33-31-29-26-23-20-17-14-11-8-2/h19,22,28,30-31,33-34,36,42,45,49,52,58-59H,7-18,20-21,23-27,29,32,35,37-41,43-44,46-48,50-51,53-57H2,1-6H3,(H-,62,64,66,67)/p+1/b22-19-,30-28-,33-31+,36-34-,45-42-,52-49+. The molecule has 0 aromatic heterocycles. The molecule has 0 saturated heterocycles. The van der Waals surface area contributed by atoms with Crippen molar-refractivity contribution in [3.8, 4) is 0 Å². The number of phosphoric ester groups is 1. The number of ether oxygens (including phenoxy) is 1. The monoisotopic (exact) mass is 1020 g/mol. The van der Waals surface area contributed by atoms with E-state index in [1.807, 2.05) is 33.3 Å². The van der Waals surface area contributed by atoms with Gasteiger partial charge in [0.1, 0.15) is 19.3 Å². The van der Waals surface area contributed by atoms with Gasteiger partial charge in [0.25, 0.3) is 0 Å². The number of allylic oxidation sites excluding steroid dienone is 11. The number of likely N-dealkylation sites (N-methyl/N-ethyl adjacent to an activating group) is 1. The summed E-state index contributed by atoms with van der Waals surface area (Å²) in [7, 11) is 1.46. The summed E-state index contributed by atoms with van der Waals surface area (Å²) in [5, 5.41) is 3.03. The Balaban J connectivity index is 5.44. The largest absolute Gasteiger partial charge is 0.472 e. The Morgan fingerprint density at radius 3 is 1.35 bits per heavy atom. The molecular formula is C61H112N2O7P+. The Bertz CT molecular complexity index is 1450. The Kier molecular flexibility index (Phi) is 49.1. The summed E-state index contributed by atoms with van der Waals surface area (Å²) in [5.74, 6) is -0.581. The molecule has 3 atom stereocenters. The van der Waals surface area contributed by atoms with Crippen LogP contribution in [0.15, 0.2) is 72.9 Å². The van der Waals surface area contributed by atoms with Crippen LogP contribution in [0.25, 0.3) is 0 Å². The van der Waals surface area contributed by atoms with Crippen molar-refractivity contribution in [1.82, 2.24) is 5.32 Å². The first kappa shape index (κ1) is 68.5. The van der Waals surface area contributed by atoms with Crippen LogP contribution in [0.5, 0.6) is 0 Å². The molecule has 412 valence electrons. The molecule has 0 heterocycles. The highest BCUT2D eigenvalue weighted by Gasteiger charge is 2.30. The van der Waals surface area contributed by atoms with E-state index < -0.39 is 20.0 Å². The zero-order valence-corrected chi connectivity index (χ0v) is 47.8. The highest BCUT2D eigenvalue weighted by Crippen LogP contribution is 2.43. The first-order valence-electron chi connectivity index (χ1n) is 29.3. The van der Waals surface area contributed by atoms with Crippen molar-refractivity contribution in [2.45, 2.75) is 264 Å². The van der Waals surface area contributed by atoms with Crippen LogP contribution in [0.3, 0.4) is 0 Å². The highest BCUT2D eigenvalue weighted by molar-refractivity contribution is 7.47. The first-order chi connectivity index (χ1) is 34.4. The molecule has 0 spiro atoms. The van der Waals surface area contributed by atoms with Gasteiger partial charge in [-0.05, 0) is 96.0 Å². The smallest absolute Gasteiger partial charge is 0.456 e. The molecule has 0 aliphatic carbocycles. The fraction of sp³-hybridized carbons (Fsp3) is 0.770. The van der Waals surface area contributed by atoms with Gasteiger partial charge in [-0.3, -0.25) is 18.6 Å². The number of rotatable bonds is 52. The number of phosphoric acid groups is 1. The predicted octanol–water partition coefficient (Wildman–Crippen LogP) is 17.7. The Morgan fingerprint density at radius 1 is 0.493 bits per heavy atom. The van der Waals surface area contributed by atoms with Crippen molar-refractivity contribution < 1.29 is 37.3 Å². The van der Waals surface area contributed by atoms with Gasteiger partial charge in [-0.2, -0.15) is 0 Å². The lowest BCUT2D eigenvalue weighted by Gasteiger charge is -2.27. The summed E-state index contributed by atoms with van der Waals surface area (Å²) in [6.45, 7) is 6.93. The molecule has 0 aliphatic heterocycles. The van der Waals surface area contributed by atoms with E-state index in [0.29, 0.717) is 23.9 Å². The van der Waals surface area contributed by atoms with Gasteiger partial charge in [0, 0.05) is 12.8 Å². The van der Waals surface area contributed by atoms with Gasteiger partial charge >= 0.3 is 13.8 Å². The van der Waals surface area contributed by atoms with E-state index in [1.54, 1.807) is 0 Å². The molecule has 1 amide bonds. The van der Waals surface area contributed by atoms with E-state index in [9.17, 15) is 19.0 Å². The maximum absolute atomic E-state index is 13.5. The van der Waals surface area contributed by atoms with Crippen molar-refractivity contribution in [2.24, 2.45) is 0 Å². The topological polar surface area (TPSA) is 111 Å². The van der Waals surface area contributed by atoms with Crippen LogP contribution in [-0.4, -0.2) is 74.3 Å². The number of carbonyl (C=O) groups is 2. The molecule has 0 aromatic carbocycles. The van der Waals surface area contributed by atoms with E-state index in [1.165, 1.54) is 128 Å².